The zero-order valence-corrected chi connectivity index (χ0v) is 13.8. The highest BCUT2D eigenvalue weighted by atomic mass is 16.5. The number of aryl methyl sites for hydroxylation is 1. The molecule has 4 heteroatoms. The fraction of sp³-hybridized carbons (Fsp3) is 0.812. The second kappa shape index (κ2) is 7.11. The highest BCUT2D eigenvalue weighted by molar-refractivity contribution is 5.31. The van der Waals surface area contributed by atoms with Gasteiger partial charge < -0.3 is 9.84 Å². The second-order valence-electron chi connectivity index (χ2n) is 6.51. The smallest absolute Gasteiger partial charge is 0.162 e. The second-order valence-corrected chi connectivity index (χ2v) is 6.51. The molecule has 0 unspecified atom stereocenters. The van der Waals surface area contributed by atoms with Crippen molar-refractivity contribution in [3.05, 3.63) is 11.9 Å². The Morgan fingerprint density at radius 1 is 1.25 bits per heavy atom. The van der Waals surface area contributed by atoms with Gasteiger partial charge in [0.25, 0.3) is 0 Å². The molecule has 0 aliphatic rings. The van der Waals surface area contributed by atoms with E-state index in [2.05, 4.69) is 39.7 Å². The standard InChI is InChI=1S/C16H30N2O2/c1-7-8-18-15(14(20-6)11-17-18)16(19,9-12(2)3)10-13(4)5/h11-13,19H,7-10H2,1-6H3. The summed E-state index contributed by atoms with van der Waals surface area (Å²) < 4.78 is 7.34. The lowest BCUT2D eigenvalue weighted by Gasteiger charge is -2.32. The van der Waals surface area contributed by atoms with E-state index in [0.29, 0.717) is 17.6 Å². The van der Waals surface area contributed by atoms with Gasteiger partial charge in [-0.15, -0.1) is 0 Å². The van der Waals surface area contributed by atoms with Gasteiger partial charge in [0.2, 0.25) is 0 Å². The number of hydrogen-bond acceptors (Lipinski definition) is 3. The molecule has 4 nitrogen and oxygen atoms in total. The predicted octanol–water partition coefficient (Wildman–Crippen LogP) is 3.58. The van der Waals surface area contributed by atoms with E-state index in [9.17, 15) is 5.11 Å². The molecule has 0 aromatic carbocycles. The number of aliphatic hydroxyl groups is 1. The topological polar surface area (TPSA) is 47.3 Å². The summed E-state index contributed by atoms with van der Waals surface area (Å²) in [5.41, 5.74) is -0.0384. The van der Waals surface area contributed by atoms with Crippen LogP contribution in [0.4, 0.5) is 0 Å². The third kappa shape index (κ3) is 3.98. The quantitative estimate of drug-likeness (QED) is 0.792. The van der Waals surface area contributed by atoms with Gasteiger partial charge >= 0.3 is 0 Å². The van der Waals surface area contributed by atoms with Crippen LogP contribution >= 0.6 is 0 Å². The minimum Gasteiger partial charge on any atom is -0.493 e. The molecule has 116 valence electrons. The largest absolute Gasteiger partial charge is 0.493 e. The number of ether oxygens (including phenoxy) is 1. The number of rotatable bonds is 8. The molecule has 0 atom stereocenters. The fourth-order valence-corrected chi connectivity index (χ4v) is 3.00. The molecule has 0 saturated heterocycles. The summed E-state index contributed by atoms with van der Waals surface area (Å²) in [6.45, 7) is 11.5. The molecule has 0 bridgehead atoms. The van der Waals surface area contributed by atoms with Gasteiger partial charge in [0.05, 0.1) is 13.3 Å². The van der Waals surface area contributed by atoms with Crippen molar-refractivity contribution in [3.63, 3.8) is 0 Å². The Hall–Kier alpha value is -1.03. The van der Waals surface area contributed by atoms with Gasteiger partial charge in [-0.05, 0) is 31.1 Å². The molecule has 20 heavy (non-hydrogen) atoms. The first-order valence-electron chi connectivity index (χ1n) is 7.66. The Balaban J connectivity index is 3.27. The predicted molar refractivity (Wildman–Crippen MR) is 81.9 cm³/mol. The number of hydrogen-bond donors (Lipinski definition) is 1. The van der Waals surface area contributed by atoms with Crippen molar-refractivity contribution in [2.24, 2.45) is 11.8 Å². The Morgan fingerprint density at radius 3 is 2.20 bits per heavy atom. The average molecular weight is 282 g/mol. The maximum absolute atomic E-state index is 11.3. The van der Waals surface area contributed by atoms with Crippen LogP contribution in [0, 0.1) is 11.8 Å². The normalized spacial score (nSPS) is 12.4. The molecule has 0 amide bonds. The van der Waals surface area contributed by atoms with Crippen molar-refractivity contribution in [3.8, 4) is 5.75 Å². The van der Waals surface area contributed by atoms with Crippen molar-refractivity contribution in [1.29, 1.82) is 0 Å². The van der Waals surface area contributed by atoms with Crippen molar-refractivity contribution in [2.75, 3.05) is 7.11 Å². The highest BCUT2D eigenvalue weighted by Gasteiger charge is 2.37. The van der Waals surface area contributed by atoms with E-state index in [1.54, 1.807) is 13.3 Å². The molecule has 1 aromatic rings. The van der Waals surface area contributed by atoms with E-state index >= 15 is 0 Å². The van der Waals surface area contributed by atoms with Gasteiger partial charge in [-0.1, -0.05) is 34.6 Å². The van der Waals surface area contributed by atoms with Crippen molar-refractivity contribution < 1.29 is 9.84 Å². The van der Waals surface area contributed by atoms with Crippen LogP contribution in [-0.2, 0) is 12.1 Å². The van der Waals surface area contributed by atoms with Crippen LogP contribution in [0.2, 0.25) is 0 Å². The third-order valence-corrected chi connectivity index (χ3v) is 3.39. The van der Waals surface area contributed by atoms with Gasteiger partial charge in [0.15, 0.2) is 5.75 Å². The minimum atomic E-state index is -0.876. The summed E-state index contributed by atoms with van der Waals surface area (Å²) in [7, 11) is 1.64. The lowest BCUT2D eigenvalue weighted by molar-refractivity contribution is -0.0145. The number of methoxy groups -OCH3 is 1. The van der Waals surface area contributed by atoms with Crippen LogP contribution in [0.5, 0.6) is 5.75 Å². The minimum absolute atomic E-state index is 0.411. The van der Waals surface area contributed by atoms with Gasteiger partial charge in [-0.2, -0.15) is 5.10 Å². The molecule has 0 aliphatic heterocycles. The Morgan fingerprint density at radius 2 is 1.80 bits per heavy atom. The SMILES string of the molecule is CCCn1ncc(OC)c1C(O)(CC(C)C)CC(C)C. The third-order valence-electron chi connectivity index (χ3n) is 3.39. The molecule has 0 aliphatic carbocycles. The summed E-state index contributed by atoms with van der Waals surface area (Å²) in [4.78, 5) is 0. The van der Waals surface area contributed by atoms with E-state index in [-0.39, 0.29) is 0 Å². The average Bonchev–Trinajstić information content (AvgIpc) is 2.70. The van der Waals surface area contributed by atoms with Crippen LogP contribution < -0.4 is 4.74 Å². The zero-order valence-electron chi connectivity index (χ0n) is 13.8. The zero-order chi connectivity index (χ0) is 15.3. The molecular formula is C16H30N2O2. The highest BCUT2D eigenvalue weighted by Crippen LogP contribution is 2.39. The first-order chi connectivity index (χ1) is 9.34. The van der Waals surface area contributed by atoms with Crippen LogP contribution in [0.3, 0.4) is 0 Å². The Bertz CT molecular complexity index is 401. The van der Waals surface area contributed by atoms with E-state index in [1.165, 1.54) is 0 Å². The van der Waals surface area contributed by atoms with Crippen LogP contribution in [0.25, 0.3) is 0 Å². The van der Waals surface area contributed by atoms with E-state index < -0.39 is 5.60 Å². The van der Waals surface area contributed by atoms with Gasteiger partial charge in [-0.25, -0.2) is 0 Å². The maximum atomic E-state index is 11.3. The van der Waals surface area contributed by atoms with Crippen LogP contribution in [0.15, 0.2) is 6.20 Å². The molecule has 1 aromatic heterocycles. The van der Waals surface area contributed by atoms with Crippen LogP contribution in [-0.4, -0.2) is 22.0 Å². The number of aromatic nitrogens is 2. The van der Waals surface area contributed by atoms with E-state index in [0.717, 1.165) is 31.5 Å². The summed E-state index contributed by atoms with van der Waals surface area (Å²) in [5, 5.41) is 15.7. The molecule has 0 spiro atoms. The first kappa shape index (κ1) is 17.0. The summed E-state index contributed by atoms with van der Waals surface area (Å²) in [6, 6.07) is 0. The molecule has 0 fully saturated rings. The molecule has 1 heterocycles. The maximum Gasteiger partial charge on any atom is 0.162 e. The molecule has 1 rings (SSSR count). The molecule has 1 N–H and O–H groups in total. The van der Waals surface area contributed by atoms with Crippen molar-refractivity contribution in [2.45, 2.75) is 66.0 Å². The lowest BCUT2D eigenvalue weighted by atomic mass is 9.82. The van der Waals surface area contributed by atoms with Gasteiger partial charge in [-0.3, -0.25) is 4.68 Å². The van der Waals surface area contributed by atoms with E-state index in [1.807, 2.05) is 4.68 Å². The molecule has 0 saturated carbocycles. The number of nitrogens with zero attached hydrogens (tertiary/aromatic N) is 2. The van der Waals surface area contributed by atoms with Gasteiger partial charge in [0.1, 0.15) is 11.3 Å². The first-order valence-corrected chi connectivity index (χ1v) is 7.66. The summed E-state index contributed by atoms with van der Waals surface area (Å²) in [5.74, 6) is 1.52. The van der Waals surface area contributed by atoms with Crippen molar-refractivity contribution >= 4 is 0 Å². The van der Waals surface area contributed by atoms with Crippen LogP contribution in [0.1, 0.15) is 59.6 Å². The monoisotopic (exact) mass is 282 g/mol. The fourth-order valence-electron chi connectivity index (χ4n) is 3.00. The van der Waals surface area contributed by atoms with Crippen molar-refractivity contribution in [1.82, 2.24) is 9.78 Å². The lowest BCUT2D eigenvalue weighted by Crippen LogP contribution is -2.33. The Labute approximate surface area is 123 Å². The molecule has 0 radical (unpaired) electrons. The van der Waals surface area contributed by atoms with E-state index in [4.69, 9.17) is 4.74 Å². The summed E-state index contributed by atoms with van der Waals surface area (Å²) >= 11 is 0. The van der Waals surface area contributed by atoms with Gasteiger partial charge in [0, 0.05) is 6.54 Å². The summed E-state index contributed by atoms with van der Waals surface area (Å²) in [6.07, 6.45) is 4.14. The molecular weight excluding hydrogens is 252 g/mol. The Kier molecular flexibility index (Phi) is 6.06.